The molecule has 0 spiro atoms. The van der Waals surface area contributed by atoms with Crippen molar-refractivity contribution in [2.24, 2.45) is 0 Å². The lowest BCUT2D eigenvalue weighted by atomic mass is 10.0. The van der Waals surface area contributed by atoms with E-state index < -0.39 is 18.2 Å². The van der Waals surface area contributed by atoms with Gasteiger partial charge in [0.05, 0.1) is 25.2 Å². The maximum absolute atomic E-state index is 13.1. The Bertz CT molecular complexity index is 761. The first-order valence-electron chi connectivity index (χ1n) is 23.8. The standard InChI is InChI=1S/C47H93NO5/c1-4-7-10-13-16-19-21-22-23-24-25-27-30-33-36-39-45(50)44(42-49)48-46(51)41-43(38-35-32-29-26-18-15-12-9-6-3)53-47(52)40-37-34-31-28-20-17-14-11-8-5-2/h43-45,49-50H,4-42H2,1-3H3,(H,48,51). The largest absolute Gasteiger partial charge is 0.462 e. The molecule has 3 N–H and O–H groups in total. The average molecular weight is 752 g/mol. The topological polar surface area (TPSA) is 95.9 Å². The van der Waals surface area contributed by atoms with Gasteiger partial charge in [-0.3, -0.25) is 9.59 Å². The molecule has 53 heavy (non-hydrogen) atoms. The fourth-order valence-electron chi connectivity index (χ4n) is 7.55. The second-order valence-electron chi connectivity index (χ2n) is 16.5. The van der Waals surface area contributed by atoms with Crippen molar-refractivity contribution in [2.45, 2.75) is 283 Å². The molecule has 0 aromatic heterocycles. The van der Waals surface area contributed by atoms with Gasteiger partial charge in [-0.2, -0.15) is 0 Å². The van der Waals surface area contributed by atoms with E-state index >= 15 is 0 Å². The van der Waals surface area contributed by atoms with E-state index in [-0.39, 0.29) is 24.9 Å². The highest BCUT2D eigenvalue weighted by atomic mass is 16.5. The van der Waals surface area contributed by atoms with Crippen LogP contribution in [0.4, 0.5) is 0 Å². The SMILES string of the molecule is CCCCCCCCCCCCCCCCCC(O)C(CO)NC(=O)CC(CCCCCCCCCCC)OC(=O)CCCCCCCCCCCC. The van der Waals surface area contributed by atoms with Gasteiger partial charge >= 0.3 is 5.97 Å². The lowest BCUT2D eigenvalue weighted by Gasteiger charge is -2.24. The summed E-state index contributed by atoms with van der Waals surface area (Å²) in [4.78, 5) is 25.9. The molecular weight excluding hydrogens is 659 g/mol. The Morgan fingerprint density at radius 1 is 0.472 bits per heavy atom. The molecule has 0 rings (SSSR count). The number of esters is 1. The molecule has 0 radical (unpaired) electrons. The van der Waals surface area contributed by atoms with Gasteiger partial charge in [0, 0.05) is 6.42 Å². The summed E-state index contributed by atoms with van der Waals surface area (Å²) in [5, 5.41) is 23.7. The molecule has 3 atom stereocenters. The van der Waals surface area contributed by atoms with Crippen molar-refractivity contribution in [1.29, 1.82) is 0 Å². The Balaban J connectivity index is 4.42. The number of aliphatic hydroxyl groups is 2. The van der Waals surface area contributed by atoms with Crippen LogP contribution in [0.2, 0.25) is 0 Å². The summed E-state index contributed by atoms with van der Waals surface area (Å²) in [6, 6.07) is -0.690. The first-order chi connectivity index (χ1) is 26.0. The van der Waals surface area contributed by atoms with Crippen molar-refractivity contribution in [3.8, 4) is 0 Å². The van der Waals surface area contributed by atoms with Gasteiger partial charge in [-0.05, 0) is 25.7 Å². The van der Waals surface area contributed by atoms with E-state index in [0.717, 1.165) is 44.9 Å². The lowest BCUT2D eigenvalue weighted by molar-refractivity contribution is -0.151. The smallest absolute Gasteiger partial charge is 0.306 e. The van der Waals surface area contributed by atoms with E-state index in [1.54, 1.807) is 0 Å². The number of rotatable bonds is 43. The van der Waals surface area contributed by atoms with Gasteiger partial charge in [-0.15, -0.1) is 0 Å². The first kappa shape index (κ1) is 51.9. The molecule has 0 aliphatic rings. The monoisotopic (exact) mass is 752 g/mol. The van der Waals surface area contributed by atoms with Crippen LogP contribution in [0.3, 0.4) is 0 Å². The Hall–Kier alpha value is -1.14. The molecule has 0 saturated heterocycles. The van der Waals surface area contributed by atoms with E-state index in [1.807, 2.05) is 0 Å². The number of ether oxygens (including phenoxy) is 1. The fraction of sp³-hybridized carbons (Fsp3) is 0.957. The normalized spacial score (nSPS) is 13.2. The minimum atomic E-state index is -0.777. The molecule has 0 saturated carbocycles. The summed E-state index contributed by atoms with van der Waals surface area (Å²) in [5.41, 5.74) is 0. The zero-order valence-corrected chi connectivity index (χ0v) is 35.9. The Morgan fingerprint density at radius 2 is 0.792 bits per heavy atom. The minimum Gasteiger partial charge on any atom is -0.462 e. The highest BCUT2D eigenvalue weighted by Gasteiger charge is 2.24. The Kier molecular flexibility index (Phi) is 41.1. The molecule has 6 heteroatoms. The molecule has 0 aliphatic heterocycles. The van der Waals surface area contributed by atoms with Crippen molar-refractivity contribution < 1.29 is 24.5 Å². The van der Waals surface area contributed by atoms with Gasteiger partial charge in [0.15, 0.2) is 0 Å². The van der Waals surface area contributed by atoms with Crippen LogP contribution in [0.1, 0.15) is 265 Å². The molecule has 0 heterocycles. The zero-order valence-electron chi connectivity index (χ0n) is 35.9. The highest BCUT2D eigenvalue weighted by molar-refractivity contribution is 5.77. The van der Waals surface area contributed by atoms with Crippen molar-refractivity contribution in [3.05, 3.63) is 0 Å². The van der Waals surface area contributed by atoms with Crippen LogP contribution in [0.15, 0.2) is 0 Å². The summed E-state index contributed by atoms with van der Waals surface area (Å²) < 4.78 is 5.89. The molecule has 0 aliphatic carbocycles. The summed E-state index contributed by atoms with van der Waals surface area (Å²) in [7, 11) is 0. The van der Waals surface area contributed by atoms with Gasteiger partial charge in [0.2, 0.25) is 5.91 Å². The zero-order chi connectivity index (χ0) is 38.9. The van der Waals surface area contributed by atoms with E-state index in [1.165, 1.54) is 173 Å². The van der Waals surface area contributed by atoms with Crippen molar-refractivity contribution in [3.63, 3.8) is 0 Å². The van der Waals surface area contributed by atoms with Crippen LogP contribution in [0.5, 0.6) is 0 Å². The van der Waals surface area contributed by atoms with Gasteiger partial charge in [0.1, 0.15) is 6.10 Å². The van der Waals surface area contributed by atoms with Crippen LogP contribution in [0, 0.1) is 0 Å². The third kappa shape index (κ3) is 37.6. The molecule has 3 unspecified atom stereocenters. The predicted octanol–water partition coefficient (Wildman–Crippen LogP) is 13.6. The molecule has 0 bridgehead atoms. The van der Waals surface area contributed by atoms with E-state index in [9.17, 15) is 19.8 Å². The highest BCUT2D eigenvalue weighted by Crippen LogP contribution is 2.18. The van der Waals surface area contributed by atoms with Crippen LogP contribution in [-0.4, -0.2) is 46.9 Å². The van der Waals surface area contributed by atoms with Crippen LogP contribution < -0.4 is 5.32 Å². The second-order valence-corrected chi connectivity index (χ2v) is 16.5. The molecule has 0 fully saturated rings. The van der Waals surface area contributed by atoms with Gasteiger partial charge in [-0.1, -0.05) is 226 Å². The number of hydrogen-bond acceptors (Lipinski definition) is 5. The number of carbonyl (C=O) groups is 2. The summed E-state index contributed by atoms with van der Waals surface area (Å²) >= 11 is 0. The van der Waals surface area contributed by atoms with Gasteiger partial charge in [-0.25, -0.2) is 0 Å². The quantitative estimate of drug-likeness (QED) is 0.0426. The maximum atomic E-state index is 13.1. The molecule has 0 aromatic rings. The number of unbranched alkanes of at least 4 members (excludes halogenated alkanes) is 31. The first-order valence-corrected chi connectivity index (χ1v) is 23.8. The van der Waals surface area contributed by atoms with Crippen LogP contribution in [-0.2, 0) is 14.3 Å². The molecule has 6 nitrogen and oxygen atoms in total. The molecular formula is C47H93NO5. The lowest BCUT2D eigenvalue weighted by Crippen LogP contribution is -2.46. The van der Waals surface area contributed by atoms with Crippen molar-refractivity contribution in [1.82, 2.24) is 5.32 Å². The summed E-state index contributed by atoms with van der Waals surface area (Å²) in [6.45, 7) is 6.47. The van der Waals surface area contributed by atoms with Crippen molar-refractivity contribution in [2.75, 3.05) is 6.61 Å². The Morgan fingerprint density at radius 3 is 1.15 bits per heavy atom. The van der Waals surface area contributed by atoms with Crippen molar-refractivity contribution >= 4 is 11.9 Å². The fourth-order valence-corrected chi connectivity index (χ4v) is 7.55. The number of carbonyl (C=O) groups excluding carboxylic acids is 2. The second kappa shape index (κ2) is 42.0. The van der Waals surface area contributed by atoms with Crippen LogP contribution >= 0.6 is 0 Å². The maximum Gasteiger partial charge on any atom is 0.306 e. The third-order valence-corrected chi connectivity index (χ3v) is 11.2. The Labute approximate surface area is 330 Å². The predicted molar refractivity (Wildman–Crippen MR) is 227 cm³/mol. The summed E-state index contributed by atoms with van der Waals surface area (Å²) in [5.74, 6) is -0.461. The van der Waals surface area contributed by atoms with E-state index in [0.29, 0.717) is 19.3 Å². The molecule has 0 aromatic carbocycles. The minimum absolute atomic E-state index is 0.0863. The van der Waals surface area contributed by atoms with E-state index in [4.69, 9.17) is 4.74 Å². The summed E-state index contributed by atoms with van der Waals surface area (Å²) in [6.07, 6.45) is 43.1. The molecule has 316 valence electrons. The third-order valence-electron chi connectivity index (χ3n) is 11.2. The van der Waals surface area contributed by atoms with Gasteiger partial charge < -0.3 is 20.3 Å². The number of nitrogens with one attached hydrogen (secondary N) is 1. The number of amides is 1. The van der Waals surface area contributed by atoms with Crippen LogP contribution in [0.25, 0.3) is 0 Å². The van der Waals surface area contributed by atoms with E-state index in [2.05, 4.69) is 26.1 Å². The molecule has 1 amide bonds. The average Bonchev–Trinajstić information content (AvgIpc) is 3.15. The number of aliphatic hydroxyl groups excluding tert-OH is 2. The number of hydrogen-bond donors (Lipinski definition) is 3. The van der Waals surface area contributed by atoms with Gasteiger partial charge in [0.25, 0.3) is 0 Å².